The lowest BCUT2D eigenvalue weighted by molar-refractivity contribution is 0.0947. The summed E-state index contributed by atoms with van der Waals surface area (Å²) < 4.78 is 42.4. The van der Waals surface area contributed by atoms with Gasteiger partial charge in [-0.15, -0.1) is 0 Å². The molecule has 1 heterocycles. The molecule has 1 saturated carbocycles. The molecule has 0 radical (unpaired) electrons. The molecule has 1 aromatic heterocycles. The van der Waals surface area contributed by atoms with E-state index in [1.165, 1.54) is 12.1 Å². The third-order valence-electron chi connectivity index (χ3n) is 5.13. The molecule has 0 aliphatic heterocycles. The Hall–Kier alpha value is -2.87. The van der Waals surface area contributed by atoms with Crippen LogP contribution in [0.15, 0.2) is 42.6 Å². The average molecular weight is 430 g/mol. The summed E-state index contributed by atoms with van der Waals surface area (Å²) >= 11 is 0. The van der Waals surface area contributed by atoms with E-state index in [2.05, 4.69) is 10.0 Å². The number of rotatable bonds is 6. The van der Waals surface area contributed by atoms with Crippen molar-refractivity contribution in [3.63, 3.8) is 0 Å². The standard InChI is InChI=1S/C22H24FN3O3S/c1-13(2)26-12-19(17-9-7-16(11-21(17)26)25-30(3,28)29)14-4-8-18(20(23)10-14)22(27)24-15-5-6-15/h4,7-13,15,25H,5-6H2,1-3H3,(H,24,27). The van der Waals surface area contributed by atoms with Crippen LogP contribution in [0.1, 0.15) is 43.1 Å². The van der Waals surface area contributed by atoms with Crippen molar-refractivity contribution in [3.8, 4) is 11.1 Å². The van der Waals surface area contributed by atoms with Crippen LogP contribution in [0, 0.1) is 5.82 Å². The summed E-state index contributed by atoms with van der Waals surface area (Å²) in [5, 5.41) is 3.68. The van der Waals surface area contributed by atoms with E-state index in [-0.39, 0.29) is 23.6 Å². The molecule has 1 amide bonds. The predicted molar refractivity (Wildman–Crippen MR) is 117 cm³/mol. The van der Waals surface area contributed by atoms with E-state index in [4.69, 9.17) is 0 Å². The molecule has 8 heteroatoms. The van der Waals surface area contributed by atoms with E-state index in [0.717, 1.165) is 35.6 Å². The van der Waals surface area contributed by atoms with Crippen molar-refractivity contribution in [2.45, 2.75) is 38.8 Å². The topological polar surface area (TPSA) is 80.2 Å². The number of hydrogen-bond donors (Lipinski definition) is 2. The van der Waals surface area contributed by atoms with Gasteiger partial charge in [0.25, 0.3) is 5.91 Å². The number of fused-ring (bicyclic) bond motifs is 1. The largest absolute Gasteiger partial charge is 0.349 e. The summed E-state index contributed by atoms with van der Waals surface area (Å²) in [6.07, 6.45) is 4.92. The van der Waals surface area contributed by atoms with Crippen LogP contribution in [0.5, 0.6) is 0 Å². The summed E-state index contributed by atoms with van der Waals surface area (Å²) in [7, 11) is -3.39. The zero-order chi connectivity index (χ0) is 21.6. The number of halogens is 1. The smallest absolute Gasteiger partial charge is 0.254 e. The maximum Gasteiger partial charge on any atom is 0.254 e. The maximum absolute atomic E-state index is 14.7. The van der Waals surface area contributed by atoms with Crippen molar-refractivity contribution in [1.29, 1.82) is 0 Å². The van der Waals surface area contributed by atoms with Crippen LogP contribution in [-0.4, -0.2) is 31.2 Å². The number of benzene rings is 2. The molecular formula is C22H24FN3O3S. The number of sulfonamides is 1. The quantitative estimate of drug-likeness (QED) is 0.613. The molecule has 2 aromatic carbocycles. The van der Waals surface area contributed by atoms with Crippen LogP contribution in [0.2, 0.25) is 0 Å². The highest BCUT2D eigenvalue weighted by Gasteiger charge is 2.25. The lowest BCUT2D eigenvalue weighted by atomic mass is 10.0. The van der Waals surface area contributed by atoms with Crippen molar-refractivity contribution in [2.24, 2.45) is 0 Å². The van der Waals surface area contributed by atoms with Gasteiger partial charge in [0.1, 0.15) is 5.82 Å². The van der Waals surface area contributed by atoms with Gasteiger partial charge in [0.2, 0.25) is 10.0 Å². The van der Waals surface area contributed by atoms with Crippen molar-refractivity contribution in [3.05, 3.63) is 54.0 Å². The fourth-order valence-corrected chi connectivity index (χ4v) is 4.10. The minimum absolute atomic E-state index is 0.0397. The van der Waals surface area contributed by atoms with E-state index >= 15 is 0 Å². The molecule has 0 atom stereocenters. The van der Waals surface area contributed by atoms with Gasteiger partial charge >= 0.3 is 0 Å². The average Bonchev–Trinajstić information content (AvgIpc) is 3.37. The van der Waals surface area contributed by atoms with Crippen molar-refractivity contribution in [2.75, 3.05) is 11.0 Å². The highest BCUT2D eigenvalue weighted by Crippen LogP contribution is 2.35. The van der Waals surface area contributed by atoms with E-state index in [9.17, 15) is 17.6 Å². The minimum atomic E-state index is -3.39. The van der Waals surface area contributed by atoms with Crippen LogP contribution < -0.4 is 10.0 Å². The molecule has 158 valence electrons. The van der Waals surface area contributed by atoms with Crippen LogP contribution in [0.4, 0.5) is 10.1 Å². The number of nitrogens with one attached hydrogen (secondary N) is 2. The first-order valence-corrected chi connectivity index (χ1v) is 11.7. The molecular weight excluding hydrogens is 405 g/mol. The lowest BCUT2D eigenvalue weighted by Crippen LogP contribution is -2.26. The van der Waals surface area contributed by atoms with Crippen molar-refractivity contribution < 1.29 is 17.6 Å². The Kier molecular flexibility index (Phi) is 5.05. The highest BCUT2D eigenvalue weighted by molar-refractivity contribution is 7.92. The SMILES string of the molecule is CC(C)n1cc(-c2ccc(C(=O)NC3CC3)c(F)c2)c2ccc(NS(C)(=O)=O)cc21. The molecule has 1 fully saturated rings. The highest BCUT2D eigenvalue weighted by atomic mass is 32.2. The molecule has 2 N–H and O–H groups in total. The molecule has 30 heavy (non-hydrogen) atoms. The molecule has 3 aromatic rings. The maximum atomic E-state index is 14.7. The van der Waals surface area contributed by atoms with Gasteiger partial charge in [-0.05, 0) is 56.5 Å². The number of nitrogens with zero attached hydrogens (tertiary/aromatic N) is 1. The second-order valence-corrected chi connectivity index (χ2v) is 9.84. The second kappa shape index (κ2) is 7.43. The second-order valence-electron chi connectivity index (χ2n) is 8.09. The van der Waals surface area contributed by atoms with Gasteiger partial charge in [-0.3, -0.25) is 9.52 Å². The van der Waals surface area contributed by atoms with E-state index in [0.29, 0.717) is 11.3 Å². The third kappa shape index (κ3) is 4.18. The van der Waals surface area contributed by atoms with E-state index in [1.54, 1.807) is 18.2 Å². The number of carbonyl (C=O) groups excluding carboxylic acids is 1. The molecule has 4 rings (SSSR count). The van der Waals surface area contributed by atoms with Crippen LogP contribution in [0.25, 0.3) is 22.0 Å². The van der Waals surface area contributed by atoms with Gasteiger partial charge in [-0.1, -0.05) is 12.1 Å². The molecule has 0 saturated heterocycles. The Morgan fingerprint density at radius 2 is 1.90 bits per heavy atom. The Morgan fingerprint density at radius 3 is 2.50 bits per heavy atom. The molecule has 6 nitrogen and oxygen atoms in total. The molecule has 0 spiro atoms. The van der Waals surface area contributed by atoms with Gasteiger partial charge in [-0.25, -0.2) is 12.8 Å². The normalized spacial score (nSPS) is 14.3. The Morgan fingerprint density at radius 1 is 1.17 bits per heavy atom. The minimum Gasteiger partial charge on any atom is -0.349 e. The zero-order valence-corrected chi connectivity index (χ0v) is 17.9. The summed E-state index contributed by atoms with van der Waals surface area (Å²) in [4.78, 5) is 12.2. The molecule has 1 aliphatic carbocycles. The lowest BCUT2D eigenvalue weighted by Gasteiger charge is -2.10. The summed E-state index contributed by atoms with van der Waals surface area (Å²) in [5.41, 5.74) is 2.82. The fraction of sp³-hybridized carbons (Fsp3) is 0.318. The van der Waals surface area contributed by atoms with Crippen LogP contribution in [0.3, 0.4) is 0 Å². The van der Waals surface area contributed by atoms with E-state index in [1.807, 2.05) is 30.7 Å². The number of amides is 1. The first-order chi connectivity index (χ1) is 14.1. The predicted octanol–water partition coefficient (Wildman–Crippen LogP) is 4.29. The first kappa shape index (κ1) is 20.4. The monoisotopic (exact) mass is 429 g/mol. The first-order valence-electron chi connectivity index (χ1n) is 9.85. The Balaban J connectivity index is 1.76. The van der Waals surface area contributed by atoms with Crippen molar-refractivity contribution >= 4 is 32.5 Å². The Labute approximate surface area is 175 Å². The van der Waals surface area contributed by atoms with Gasteiger partial charge < -0.3 is 9.88 Å². The zero-order valence-electron chi connectivity index (χ0n) is 17.1. The molecule has 0 bridgehead atoms. The van der Waals surface area contributed by atoms with Crippen LogP contribution in [-0.2, 0) is 10.0 Å². The summed E-state index contributed by atoms with van der Waals surface area (Å²) in [6.45, 7) is 4.04. The van der Waals surface area contributed by atoms with Crippen LogP contribution >= 0.6 is 0 Å². The number of aromatic nitrogens is 1. The molecule has 1 aliphatic rings. The van der Waals surface area contributed by atoms with Crippen molar-refractivity contribution in [1.82, 2.24) is 9.88 Å². The van der Waals surface area contributed by atoms with E-state index < -0.39 is 15.8 Å². The fourth-order valence-electron chi connectivity index (χ4n) is 3.54. The molecule has 0 unspecified atom stereocenters. The van der Waals surface area contributed by atoms with Gasteiger partial charge in [-0.2, -0.15) is 0 Å². The Bertz CT molecular complexity index is 1240. The number of carbonyl (C=O) groups is 1. The number of hydrogen-bond acceptors (Lipinski definition) is 3. The van der Waals surface area contributed by atoms with Gasteiger partial charge in [0.05, 0.1) is 23.0 Å². The van der Waals surface area contributed by atoms with Gasteiger partial charge in [0, 0.05) is 29.2 Å². The van der Waals surface area contributed by atoms with Gasteiger partial charge in [0.15, 0.2) is 0 Å². The summed E-state index contributed by atoms with van der Waals surface area (Å²) in [6, 6.07) is 10.2. The third-order valence-corrected chi connectivity index (χ3v) is 5.74. The number of anilines is 1. The summed E-state index contributed by atoms with van der Waals surface area (Å²) in [5.74, 6) is -0.950.